The Kier molecular flexibility index (Phi) is 3.70. The largest absolute Gasteiger partial charge is 0.353 e. The zero-order chi connectivity index (χ0) is 13.1. The van der Waals surface area contributed by atoms with Crippen LogP contribution in [0.15, 0.2) is 30.5 Å². The second-order valence-corrected chi connectivity index (χ2v) is 5.06. The maximum atomic E-state index is 4.53. The van der Waals surface area contributed by atoms with Gasteiger partial charge in [-0.3, -0.25) is 0 Å². The van der Waals surface area contributed by atoms with Gasteiger partial charge in [0.25, 0.3) is 0 Å². The standard InChI is InChI=1S/C15H21N3/c1-11(2)16-15-17-13(4)9-18(15)10-14-8-6-5-7-12(14)3/h5-9,11H,10H2,1-4H3,(H,16,17). The van der Waals surface area contributed by atoms with Gasteiger partial charge in [0.05, 0.1) is 12.2 Å². The molecule has 1 N–H and O–H groups in total. The highest BCUT2D eigenvalue weighted by Gasteiger charge is 2.08. The van der Waals surface area contributed by atoms with Crippen LogP contribution in [0.1, 0.15) is 30.7 Å². The minimum absolute atomic E-state index is 0.391. The number of hydrogen-bond acceptors (Lipinski definition) is 2. The molecule has 0 saturated carbocycles. The summed E-state index contributed by atoms with van der Waals surface area (Å²) in [6.45, 7) is 9.29. The molecule has 18 heavy (non-hydrogen) atoms. The van der Waals surface area contributed by atoms with Crippen molar-refractivity contribution in [3.63, 3.8) is 0 Å². The van der Waals surface area contributed by atoms with Crippen molar-refractivity contribution in [2.75, 3.05) is 5.32 Å². The van der Waals surface area contributed by atoms with E-state index in [1.54, 1.807) is 0 Å². The number of anilines is 1. The smallest absolute Gasteiger partial charge is 0.203 e. The molecule has 1 heterocycles. The third kappa shape index (κ3) is 2.92. The molecule has 0 atom stereocenters. The molecule has 3 nitrogen and oxygen atoms in total. The van der Waals surface area contributed by atoms with Gasteiger partial charge in [0.15, 0.2) is 0 Å². The van der Waals surface area contributed by atoms with E-state index in [0.29, 0.717) is 6.04 Å². The third-order valence-corrected chi connectivity index (χ3v) is 2.92. The van der Waals surface area contributed by atoms with Gasteiger partial charge in [0, 0.05) is 12.2 Å². The summed E-state index contributed by atoms with van der Waals surface area (Å²) in [7, 11) is 0. The first-order chi connectivity index (χ1) is 8.56. The lowest BCUT2D eigenvalue weighted by atomic mass is 10.1. The molecule has 3 heteroatoms. The lowest BCUT2D eigenvalue weighted by molar-refractivity contribution is 0.770. The Hall–Kier alpha value is -1.77. The summed E-state index contributed by atoms with van der Waals surface area (Å²) < 4.78 is 2.18. The number of aryl methyl sites for hydroxylation is 2. The SMILES string of the molecule is Cc1cn(Cc2ccccc2C)c(NC(C)C)n1. The maximum absolute atomic E-state index is 4.53. The van der Waals surface area contributed by atoms with Crippen LogP contribution in [-0.4, -0.2) is 15.6 Å². The summed E-state index contributed by atoms with van der Waals surface area (Å²) in [6.07, 6.45) is 2.09. The van der Waals surface area contributed by atoms with Crippen molar-refractivity contribution in [3.8, 4) is 0 Å². The van der Waals surface area contributed by atoms with Crippen molar-refractivity contribution in [2.24, 2.45) is 0 Å². The van der Waals surface area contributed by atoms with Crippen molar-refractivity contribution in [1.29, 1.82) is 0 Å². The summed E-state index contributed by atoms with van der Waals surface area (Å²) in [5.41, 5.74) is 3.70. The average Bonchev–Trinajstić information content (AvgIpc) is 2.61. The molecule has 1 aromatic heterocycles. The number of hydrogen-bond donors (Lipinski definition) is 1. The van der Waals surface area contributed by atoms with Gasteiger partial charge >= 0.3 is 0 Å². The molecule has 0 aliphatic heterocycles. The molecule has 0 fully saturated rings. The molecule has 0 saturated heterocycles. The van der Waals surface area contributed by atoms with Crippen LogP contribution in [0.3, 0.4) is 0 Å². The van der Waals surface area contributed by atoms with E-state index >= 15 is 0 Å². The van der Waals surface area contributed by atoms with Crippen molar-refractivity contribution in [2.45, 2.75) is 40.3 Å². The second-order valence-electron chi connectivity index (χ2n) is 5.06. The zero-order valence-electron chi connectivity index (χ0n) is 11.6. The van der Waals surface area contributed by atoms with Gasteiger partial charge in [-0.2, -0.15) is 0 Å². The highest BCUT2D eigenvalue weighted by molar-refractivity contribution is 5.33. The topological polar surface area (TPSA) is 29.9 Å². The summed E-state index contributed by atoms with van der Waals surface area (Å²) in [5, 5.41) is 3.39. The van der Waals surface area contributed by atoms with Crippen LogP contribution in [0.25, 0.3) is 0 Å². The fraction of sp³-hybridized carbons (Fsp3) is 0.400. The second kappa shape index (κ2) is 5.25. The first kappa shape index (κ1) is 12.7. The van der Waals surface area contributed by atoms with Gasteiger partial charge in [-0.15, -0.1) is 0 Å². The van der Waals surface area contributed by atoms with Crippen LogP contribution in [0.4, 0.5) is 5.95 Å². The fourth-order valence-corrected chi connectivity index (χ4v) is 2.01. The number of rotatable bonds is 4. The summed E-state index contributed by atoms with van der Waals surface area (Å²) in [5.74, 6) is 0.950. The van der Waals surface area contributed by atoms with E-state index in [0.717, 1.165) is 18.2 Å². The van der Waals surface area contributed by atoms with E-state index in [2.05, 4.69) is 66.1 Å². The molecule has 1 aromatic carbocycles. The Balaban J connectivity index is 2.26. The van der Waals surface area contributed by atoms with Gasteiger partial charge in [-0.25, -0.2) is 4.98 Å². The van der Waals surface area contributed by atoms with Gasteiger partial charge in [-0.05, 0) is 38.8 Å². The normalized spacial score (nSPS) is 10.9. The summed E-state index contributed by atoms with van der Waals surface area (Å²) in [4.78, 5) is 4.53. The molecule has 96 valence electrons. The third-order valence-electron chi connectivity index (χ3n) is 2.92. The van der Waals surface area contributed by atoms with Crippen LogP contribution in [0.5, 0.6) is 0 Å². The highest BCUT2D eigenvalue weighted by Crippen LogP contribution is 2.15. The predicted molar refractivity (Wildman–Crippen MR) is 76.0 cm³/mol. The quantitative estimate of drug-likeness (QED) is 0.892. The summed E-state index contributed by atoms with van der Waals surface area (Å²) in [6, 6.07) is 8.87. The predicted octanol–water partition coefficient (Wildman–Crippen LogP) is 3.37. The molecule has 0 spiro atoms. The molecule has 0 amide bonds. The van der Waals surface area contributed by atoms with E-state index in [-0.39, 0.29) is 0 Å². The fourth-order valence-electron chi connectivity index (χ4n) is 2.01. The van der Waals surface area contributed by atoms with Crippen molar-refractivity contribution < 1.29 is 0 Å². The molecule has 0 unspecified atom stereocenters. The average molecular weight is 243 g/mol. The van der Waals surface area contributed by atoms with Crippen LogP contribution in [-0.2, 0) is 6.54 Å². The number of imidazole rings is 1. The highest BCUT2D eigenvalue weighted by atomic mass is 15.2. The number of benzene rings is 1. The van der Waals surface area contributed by atoms with E-state index in [1.165, 1.54) is 11.1 Å². The number of nitrogens with zero attached hydrogens (tertiary/aromatic N) is 2. The summed E-state index contributed by atoms with van der Waals surface area (Å²) >= 11 is 0. The minimum Gasteiger partial charge on any atom is -0.353 e. The molecule has 2 aromatic rings. The minimum atomic E-state index is 0.391. The number of aromatic nitrogens is 2. The molecule has 0 radical (unpaired) electrons. The Bertz CT molecular complexity index is 526. The van der Waals surface area contributed by atoms with Gasteiger partial charge in [0.1, 0.15) is 0 Å². The van der Waals surface area contributed by atoms with Crippen molar-refractivity contribution in [3.05, 3.63) is 47.3 Å². The molecule has 0 bridgehead atoms. The Morgan fingerprint density at radius 2 is 1.94 bits per heavy atom. The molecule has 0 aliphatic rings. The maximum Gasteiger partial charge on any atom is 0.203 e. The van der Waals surface area contributed by atoms with Gasteiger partial charge < -0.3 is 9.88 Å². The van der Waals surface area contributed by atoms with Crippen LogP contribution < -0.4 is 5.32 Å². The van der Waals surface area contributed by atoms with Crippen LogP contribution in [0.2, 0.25) is 0 Å². The molecule has 2 rings (SSSR count). The molecule has 0 aliphatic carbocycles. The van der Waals surface area contributed by atoms with Crippen molar-refractivity contribution >= 4 is 5.95 Å². The van der Waals surface area contributed by atoms with Gasteiger partial charge in [-0.1, -0.05) is 24.3 Å². The first-order valence-corrected chi connectivity index (χ1v) is 6.41. The molecular weight excluding hydrogens is 222 g/mol. The van der Waals surface area contributed by atoms with E-state index < -0.39 is 0 Å². The molecular formula is C15H21N3. The van der Waals surface area contributed by atoms with Crippen LogP contribution >= 0.6 is 0 Å². The van der Waals surface area contributed by atoms with E-state index in [4.69, 9.17) is 0 Å². The monoisotopic (exact) mass is 243 g/mol. The Labute approximate surface area is 109 Å². The Morgan fingerprint density at radius 3 is 2.61 bits per heavy atom. The number of nitrogens with one attached hydrogen (secondary N) is 1. The first-order valence-electron chi connectivity index (χ1n) is 6.41. The Morgan fingerprint density at radius 1 is 1.22 bits per heavy atom. The van der Waals surface area contributed by atoms with Crippen LogP contribution in [0, 0.1) is 13.8 Å². The van der Waals surface area contributed by atoms with Crippen molar-refractivity contribution in [1.82, 2.24) is 9.55 Å². The van der Waals surface area contributed by atoms with E-state index in [1.807, 2.05) is 6.92 Å². The van der Waals surface area contributed by atoms with Gasteiger partial charge in [0.2, 0.25) is 5.95 Å². The van der Waals surface area contributed by atoms with E-state index in [9.17, 15) is 0 Å². The lowest BCUT2D eigenvalue weighted by Crippen LogP contribution is -2.15. The lowest BCUT2D eigenvalue weighted by Gasteiger charge is -2.13. The zero-order valence-corrected chi connectivity index (χ0v) is 11.6.